The van der Waals surface area contributed by atoms with E-state index in [1.807, 2.05) is 50.2 Å². The van der Waals surface area contributed by atoms with Gasteiger partial charge in [-0.25, -0.2) is 0 Å². The van der Waals surface area contributed by atoms with Crippen LogP contribution in [0.5, 0.6) is 5.75 Å². The zero-order valence-electron chi connectivity index (χ0n) is 14.8. The van der Waals surface area contributed by atoms with Crippen molar-refractivity contribution in [2.45, 2.75) is 46.1 Å². The molecular weight excluding hydrogens is 298 g/mol. The molecule has 0 saturated carbocycles. The Balaban J connectivity index is 1.79. The molecule has 1 amide bonds. The van der Waals surface area contributed by atoms with Crippen molar-refractivity contribution < 1.29 is 9.53 Å². The molecule has 24 heavy (non-hydrogen) atoms. The third-order valence-corrected chi connectivity index (χ3v) is 4.20. The topological polar surface area (TPSA) is 38.3 Å². The van der Waals surface area contributed by atoms with Crippen molar-refractivity contribution in [2.24, 2.45) is 0 Å². The lowest BCUT2D eigenvalue weighted by atomic mass is 10.1. The van der Waals surface area contributed by atoms with E-state index in [-0.39, 0.29) is 5.91 Å². The number of amides is 1. The fourth-order valence-electron chi connectivity index (χ4n) is 2.54. The van der Waals surface area contributed by atoms with Crippen molar-refractivity contribution in [1.82, 2.24) is 5.32 Å². The Morgan fingerprint density at radius 2 is 1.83 bits per heavy atom. The molecule has 2 rings (SSSR count). The van der Waals surface area contributed by atoms with Crippen LogP contribution in [-0.2, 0) is 11.2 Å². The van der Waals surface area contributed by atoms with Crippen LogP contribution in [0.25, 0.3) is 0 Å². The minimum absolute atomic E-state index is 0.0382. The van der Waals surface area contributed by atoms with Crippen LogP contribution in [0.1, 0.15) is 36.5 Å². The molecule has 0 saturated heterocycles. The van der Waals surface area contributed by atoms with E-state index < -0.39 is 6.10 Å². The van der Waals surface area contributed by atoms with Crippen LogP contribution in [0, 0.1) is 13.8 Å². The van der Waals surface area contributed by atoms with Crippen LogP contribution in [0.3, 0.4) is 0 Å². The molecule has 1 atom stereocenters. The largest absolute Gasteiger partial charge is 0.481 e. The Kier molecular flexibility index (Phi) is 6.86. The van der Waals surface area contributed by atoms with Crippen molar-refractivity contribution >= 4 is 5.91 Å². The highest BCUT2D eigenvalue weighted by Crippen LogP contribution is 2.18. The second kappa shape index (κ2) is 9.11. The number of rotatable bonds is 8. The fraction of sp³-hybridized carbons (Fsp3) is 0.381. The maximum Gasteiger partial charge on any atom is 0.261 e. The van der Waals surface area contributed by atoms with Gasteiger partial charge >= 0.3 is 0 Å². The minimum atomic E-state index is -0.441. The summed E-state index contributed by atoms with van der Waals surface area (Å²) in [7, 11) is 0. The molecule has 0 heterocycles. The van der Waals surface area contributed by atoms with Gasteiger partial charge in [0.1, 0.15) is 5.75 Å². The SMILES string of the molecule is CC[C@H](Oc1ccc(C)c(C)c1)C(=O)NCCCc1ccccc1. The van der Waals surface area contributed by atoms with E-state index in [1.54, 1.807) is 0 Å². The summed E-state index contributed by atoms with van der Waals surface area (Å²) in [5.74, 6) is 0.716. The molecule has 0 spiro atoms. The minimum Gasteiger partial charge on any atom is -0.481 e. The molecular formula is C21H27NO2. The number of carbonyl (C=O) groups is 1. The van der Waals surface area contributed by atoms with Crippen molar-refractivity contribution in [2.75, 3.05) is 6.54 Å². The molecule has 128 valence electrons. The average Bonchev–Trinajstić information content (AvgIpc) is 2.60. The molecule has 0 unspecified atom stereocenters. The molecule has 0 aliphatic carbocycles. The highest BCUT2D eigenvalue weighted by molar-refractivity contribution is 5.81. The van der Waals surface area contributed by atoms with Crippen LogP contribution >= 0.6 is 0 Å². The maximum atomic E-state index is 12.3. The maximum absolute atomic E-state index is 12.3. The summed E-state index contributed by atoms with van der Waals surface area (Å²) in [4.78, 5) is 12.3. The molecule has 0 bridgehead atoms. The van der Waals surface area contributed by atoms with Gasteiger partial charge in [0, 0.05) is 6.54 Å². The molecule has 0 aliphatic rings. The summed E-state index contributed by atoms with van der Waals surface area (Å²) in [6, 6.07) is 16.3. The highest BCUT2D eigenvalue weighted by Gasteiger charge is 2.17. The first kappa shape index (κ1) is 18.1. The first-order valence-electron chi connectivity index (χ1n) is 8.65. The summed E-state index contributed by atoms with van der Waals surface area (Å²) in [6.07, 6.45) is 2.10. The molecule has 3 nitrogen and oxygen atoms in total. The Morgan fingerprint density at radius 1 is 1.08 bits per heavy atom. The highest BCUT2D eigenvalue weighted by atomic mass is 16.5. The van der Waals surface area contributed by atoms with Gasteiger partial charge in [-0.2, -0.15) is 0 Å². The predicted octanol–water partition coefficient (Wildman–Crippen LogP) is 4.21. The van der Waals surface area contributed by atoms with Gasteiger partial charge in [0.05, 0.1) is 0 Å². The average molecular weight is 325 g/mol. The van der Waals surface area contributed by atoms with E-state index in [9.17, 15) is 4.79 Å². The number of ether oxygens (including phenoxy) is 1. The summed E-state index contributed by atoms with van der Waals surface area (Å²) in [6.45, 7) is 6.75. The van der Waals surface area contributed by atoms with E-state index in [0.29, 0.717) is 13.0 Å². The van der Waals surface area contributed by atoms with Gasteiger partial charge in [0.15, 0.2) is 6.10 Å². The molecule has 0 aliphatic heterocycles. The molecule has 3 heteroatoms. The number of carbonyl (C=O) groups excluding carboxylic acids is 1. The number of benzene rings is 2. The molecule has 0 radical (unpaired) electrons. The quantitative estimate of drug-likeness (QED) is 0.738. The molecule has 1 N–H and O–H groups in total. The van der Waals surface area contributed by atoms with Gasteiger partial charge in [-0.05, 0) is 61.9 Å². The van der Waals surface area contributed by atoms with Gasteiger partial charge in [0.25, 0.3) is 5.91 Å². The standard InChI is InChI=1S/C21H27NO2/c1-4-20(24-19-13-12-16(2)17(3)15-19)21(23)22-14-8-11-18-9-6-5-7-10-18/h5-7,9-10,12-13,15,20H,4,8,11,14H2,1-3H3,(H,22,23)/t20-/m0/s1. The molecule has 2 aromatic rings. The third-order valence-electron chi connectivity index (χ3n) is 4.20. The van der Waals surface area contributed by atoms with E-state index in [4.69, 9.17) is 4.74 Å². The summed E-state index contributed by atoms with van der Waals surface area (Å²) in [5, 5.41) is 2.99. The van der Waals surface area contributed by atoms with Crippen LogP contribution < -0.4 is 10.1 Å². The fourth-order valence-corrected chi connectivity index (χ4v) is 2.54. The lowest BCUT2D eigenvalue weighted by Gasteiger charge is -2.18. The predicted molar refractivity (Wildman–Crippen MR) is 98.4 cm³/mol. The monoisotopic (exact) mass is 325 g/mol. The van der Waals surface area contributed by atoms with Crippen LogP contribution in [-0.4, -0.2) is 18.6 Å². The van der Waals surface area contributed by atoms with Crippen molar-refractivity contribution in [3.63, 3.8) is 0 Å². The van der Waals surface area contributed by atoms with E-state index in [0.717, 1.165) is 18.6 Å². The van der Waals surface area contributed by atoms with Gasteiger partial charge in [0.2, 0.25) is 0 Å². The lowest BCUT2D eigenvalue weighted by molar-refractivity contribution is -0.128. The zero-order valence-corrected chi connectivity index (χ0v) is 14.8. The van der Waals surface area contributed by atoms with Gasteiger partial charge in [-0.3, -0.25) is 4.79 Å². The second-order valence-corrected chi connectivity index (χ2v) is 6.14. The summed E-state index contributed by atoms with van der Waals surface area (Å²) >= 11 is 0. The zero-order chi connectivity index (χ0) is 17.4. The molecule has 0 aromatic heterocycles. The Labute approximate surface area is 145 Å². The van der Waals surface area contributed by atoms with Crippen LogP contribution in [0.4, 0.5) is 0 Å². The molecule has 0 fully saturated rings. The number of nitrogens with one attached hydrogen (secondary N) is 1. The Morgan fingerprint density at radius 3 is 2.50 bits per heavy atom. The number of hydrogen-bond donors (Lipinski definition) is 1. The first-order chi connectivity index (χ1) is 11.6. The van der Waals surface area contributed by atoms with Crippen LogP contribution in [0.2, 0.25) is 0 Å². The molecule has 2 aromatic carbocycles. The van der Waals surface area contributed by atoms with E-state index in [1.165, 1.54) is 16.7 Å². The summed E-state index contributed by atoms with van der Waals surface area (Å²) in [5.41, 5.74) is 3.69. The van der Waals surface area contributed by atoms with Gasteiger partial charge < -0.3 is 10.1 Å². The van der Waals surface area contributed by atoms with Gasteiger partial charge in [-0.1, -0.05) is 43.3 Å². The van der Waals surface area contributed by atoms with Crippen molar-refractivity contribution in [3.8, 4) is 5.75 Å². The number of aryl methyl sites for hydroxylation is 3. The number of hydrogen-bond acceptors (Lipinski definition) is 2. The normalized spacial score (nSPS) is 11.8. The van der Waals surface area contributed by atoms with Crippen molar-refractivity contribution in [3.05, 3.63) is 65.2 Å². The Hall–Kier alpha value is -2.29. The summed E-state index contributed by atoms with van der Waals surface area (Å²) < 4.78 is 5.86. The van der Waals surface area contributed by atoms with E-state index >= 15 is 0 Å². The third kappa shape index (κ3) is 5.41. The Bertz CT molecular complexity index is 652. The van der Waals surface area contributed by atoms with E-state index in [2.05, 4.69) is 24.4 Å². The second-order valence-electron chi connectivity index (χ2n) is 6.14. The lowest BCUT2D eigenvalue weighted by Crippen LogP contribution is -2.38. The smallest absolute Gasteiger partial charge is 0.261 e. The van der Waals surface area contributed by atoms with Crippen LogP contribution in [0.15, 0.2) is 48.5 Å². The van der Waals surface area contributed by atoms with Gasteiger partial charge in [-0.15, -0.1) is 0 Å². The van der Waals surface area contributed by atoms with Crippen molar-refractivity contribution in [1.29, 1.82) is 0 Å². The first-order valence-corrected chi connectivity index (χ1v) is 8.65.